The lowest BCUT2D eigenvalue weighted by Crippen LogP contribution is -2.20. The van der Waals surface area contributed by atoms with Gasteiger partial charge in [-0.1, -0.05) is 0 Å². The van der Waals surface area contributed by atoms with Gasteiger partial charge in [0.15, 0.2) is 6.29 Å². The summed E-state index contributed by atoms with van der Waals surface area (Å²) >= 11 is 10.6. The predicted molar refractivity (Wildman–Crippen MR) is 44.2 cm³/mol. The lowest BCUT2D eigenvalue weighted by molar-refractivity contribution is -0.132. The van der Waals surface area contributed by atoms with Gasteiger partial charge in [0.1, 0.15) is 0 Å². The van der Waals surface area contributed by atoms with E-state index in [4.69, 9.17) is 37.8 Å². The summed E-state index contributed by atoms with van der Waals surface area (Å²) in [7, 11) is 0. The van der Waals surface area contributed by atoms with Crippen LogP contribution < -0.4 is 0 Å². The van der Waals surface area contributed by atoms with E-state index in [1.165, 1.54) is 0 Å². The van der Waals surface area contributed by atoms with Gasteiger partial charge in [0.25, 0.3) is 0 Å². The second kappa shape index (κ2) is 8.56. The minimum Gasteiger partial charge on any atom is -0.375 e. The summed E-state index contributed by atoms with van der Waals surface area (Å²) in [5, 5.41) is 8.96. The van der Waals surface area contributed by atoms with Crippen molar-refractivity contribution in [3.8, 4) is 0 Å². The van der Waals surface area contributed by atoms with Crippen molar-refractivity contribution < 1.29 is 14.6 Å². The number of alkyl halides is 2. The summed E-state index contributed by atoms with van der Waals surface area (Å²) in [6, 6.07) is 0. The fourth-order valence-electron chi connectivity index (χ4n) is 0.467. The van der Waals surface area contributed by atoms with E-state index < -0.39 is 6.29 Å². The molecule has 0 aromatic heterocycles. The Morgan fingerprint density at radius 2 is 1.82 bits per heavy atom. The molecule has 0 aromatic rings. The second-order valence-corrected chi connectivity index (χ2v) is 2.53. The number of hydrogen-bond donors (Lipinski definition) is 1. The molecule has 11 heavy (non-hydrogen) atoms. The second-order valence-electron chi connectivity index (χ2n) is 1.78. The van der Waals surface area contributed by atoms with Gasteiger partial charge in [0, 0.05) is 11.8 Å². The van der Waals surface area contributed by atoms with Crippen LogP contribution >= 0.6 is 23.2 Å². The van der Waals surface area contributed by atoms with E-state index in [1.54, 1.807) is 0 Å². The summed E-state index contributed by atoms with van der Waals surface area (Å²) in [4.78, 5) is 0. The zero-order valence-electron chi connectivity index (χ0n) is 6.13. The molecule has 3 nitrogen and oxygen atoms in total. The first-order valence-electron chi connectivity index (χ1n) is 3.30. The maximum atomic E-state index is 8.96. The summed E-state index contributed by atoms with van der Waals surface area (Å²) in [5.74, 6) is 0.787. The van der Waals surface area contributed by atoms with Gasteiger partial charge in [-0.2, -0.15) is 0 Å². The molecule has 5 heteroatoms. The Kier molecular flexibility index (Phi) is 8.91. The van der Waals surface area contributed by atoms with Gasteiger partial charge >= 0.3 is 0 Å². The molecule has 0 saturated carbocycles. The molecule has 0 rings (SSSR count). The monoisotopic (exact) mass is 202 g/mol. The molecule has 0 aliphatic carbocycles. The van der Waals surface area contributed by atoms with Crippen molar-refractivity contribution in [2.45, 2.75) is 6.29 Å². The lowest BCUT2D eigenvalue weighted by atomic mass is 10.6. The quantitative estimate of drug-likeness (QED) is 0.378. The van der Waals surface area contributed by atoms with Gasteiger partial charge in [0.2, 0.25) is 0 Å². The van der Waals surface area contributed by atoms with E-state index in [0.717, 1.165) is 0 Å². The van der Waals surface area contributed by atoms with Gasteiger partial charge < -0.3 is 14.6 Å². The molecule has 0 aliphatic heterocycles. The summed E-state index contributed by atoms with van der Waals surface area (Å²) in [6.07, 6.45) is -0.892. The minimum absolute atomic E-state index is 0.142. The van der Waals surface area contributed by atoms with Crippen LogP contribution in [0.25, 0.3) is 0 Å². The van der Waals surface area contributed by atoms with Crippen LogP contribution in [0.15, 0.2) is 0 Å². The standard InChI is InChI=1S/C6H12Cl2O3/c7-1-3-10-5-6(9)11-4-2-8/h6,9H,1-5H2. The van der Waals surface area contributed by atoms with E-state index in [2.05, 4.69) is 0 Å². The normalized spacial score (nSPS) is 13.4. The molecule has 0 aliphatic rings. The van der Waals surface area contributed by atoms with Crippen LogP contribution in [0.3, 0.4) is 0 Å². The average Bonchev–Trinajstić information content (AvgIpc) is 2.01. The van der Waals surface area contributed by atoms with Gasteiger partial charge in [-0.05, 0) is 0 Å². The van der Waals surface area contributed by atoms with Gasteiger partial charge in [-0.15, -0.1) is 23.2 Å². The molecule has 68 valence electrons. The van der Waals surface area contributed by atoms with Crippen molar-refractivity contribution in [3.63, 3.8) is 0 Å². The molecule has 0 spiro atoms. The Bertz CT molecular complexity index is 82.2. The lowest BCUT2D eigenvalue weighted by Gasteiger charge is -2.10. The summed E-state index contributed by atoms with van der Waals surface area (Å²) in [6.45, 7) is 0.888. The molecule has 0 aromatic carbocycles. The Hall–Kier alpha value is 0.460. The van der Waals surface area contributed by atoms with Crippen LogP contribution in [-0.4, -0.2) is 43.0 Å². The fraction of sp³-hybridized carbons (Fsp3) is 1.00. The van der Waals surface area contributed by atoms with Crippen LogP contribution in [0, 0.1) is 0 Å². The zero-order chi connectivity index (χ0) is 8.53. The van der Waals surface area contributed by atoms with Crippen molar-refractivity contribution in [3.05, 3.63) is 0 Å². The minimum atomic E-state index is -0.892. The highest BCUT2D eigenvalue weighted by atomic mass is 35.5. The maximum absolute atomic E-state index is 8.96. The van der Waals surface area contributed by atoms with E-state index in [-0.39, 0.29) is 6.61 Å². The maximum Gasteiger partial charge on any atom is 0.178 e. The number of halogens is 2. The number of aliphatic hydroxyl groups is 1. The van der Waals surface area contributed by atoms with Crippen LogP contribution in [0.4, 0.5) is 0 Å². The van der Waals surface area contributed by atoms with Crippen molar-refractivity contribution in [1.29, 1.82) is 0 Å². The van der Waals surface area contributed by atoms with Gasteiger partial charge in [-0.25, -0.2) is 0 Å². The van der Waals surface area contributed by atoms with Crippen molar-refractivity contribution in [2.75, 3.05) is 31.6 Å². The summed E-state index contributed by atoms with van der Waals surface area (Å²) < 4.78 is 9.68. The van der Waals surface area contributed by atoms with Crippen molar-refractivity contribution in [2.24, 2.45) is 0 Å². The molecule has 1 atom stereocenters. The Morgan fingerprint density at radius 3 is 2.36 bits per heavy atom. The first kappa shape index (κ1) is 11.5. The molecule has 0 bridgehead atoms. The number of aliphatic hydroxyl groups excluding tert-OH is 1. The zero-order valence-corrected chi connectivity index (χ0v) is 7.64. The Labute approximate surface area is 76.2 Å². The van der Waals surface area contributed by atoms with Crippen molar-refractivity contribution >= 4 is 23.2 Å². The SMILES string of the molecule is OC(COCCCl)OCCCl. The molecule has 0 heterocycles. The first-order chi connectivity index (χ1) is 5.31. The van der Waals surface area contributed by atoms with E-state index in [0.29, 0.717) is 25.0 Å². The highest BCUT2D eigenvalue weighted by Crippen LogP contribution is 1.90. The third-order valence-corrected chi connectivity index (χ3v) is 1.18. The molecule has 0 radical (unpaired) electrons. The molecule has 0 saturated heterocycles. The molecule has 0 amide bonds. The first-order valence-corrected chi connectivity index (χ1v) is 4.37. The third-order valence-electron chi connectivity index (χ3n) is 0.869. The Morgan fingerprint density at radius 1 is 1.18 bits per heavy atom. The average molecular weight is 203 g/mol. The summed E-state index contributed by atoms with van der Waals surface area (Å²) in [5.41, 5.74) is 0. The largest absolute Gasteiger partial charge is 0.375 e. The van der Waals surface area contributed by atoms with Crippen LogP contribution in [0.2, 0.25) is 0 Å². The number of rotatable bonds is 7. The van der Waals surface area contributed by atoms with Gasteiger partial charge in [-0.3, -0.25) is 0 Å². The highest BCUT2D eigenvalue weighted by molar-refractivity contribution is 6.18. The topological polar surface area (TPSA) is 38.7 Å². The van der Waals surface area contributed by atoms with E-state index >= 15 is 0 Å². The van der Waals surface area contributed by atoms with E-state index in [1.807, 2.05) is 0 Å². The molecular formula is C6H12Cl2O3. The smallest absolute Gasteiger partial charge is 0.178 e. The molecular weight excluding hydrogens is 191 g/mol. The molecule has 1 unspecified atom stereocenters. The number of hydrogen-bond acceptors (Lipinski definition) is 3. The Balaban J connectivity index is 3.02. The van der Waals surface area contributed by atoms with E-state index in [9.17, 15) is 0 Å². The highest BCUT2D eigenvalue weighted by Gasteiger charge is 2.01. The molecule has 1 N–H and O–H groups in total. The third kappa shape index (κ3) is 8.37. The predicted octanol–water partition coefficient (Wildman–Crippen LogP) is 0.816. The van der Waals surface area contributed by atoms with Crippen molar-refractivity contribution in [1.82, 2.24) is 0 Å². The molecule has 0 fully saturated rings. The van der Waals surface area contributed by atoms with Crippen LogP contribution in [-0.2, 0) is 9.47 Å². The van der Waals surface area contributed by atoms with Crippen LogP contribution in [0.5, 0.6) is 0 Å². The van der Waals surface area contributed by atoms with Crippen LogP contribution in [0.1, 0.15) is 0 Å². The van der Waals surface area contributed by atoms with Gasteiger partial charge in [0.05, 0.1) is 19.8 Å². The number of ether oxygens (including phenoxy) is 2. The fourth-order valence-corrected chi connectivity index (χ4v) is 0.666.